The Balaban J connectivity index is 1.51. The minimum absolute atomic E-state index is 0.124. The van der Waals surface area contributed by atoms with Crippen LogP contribution in [0.4, 0.5) is 13.2 Å². The number of aryl methyl sites for hydroxylation is 1. The first-order valence-corrected chi connectivity index (χ1v) is 11.1. The van der Waals surface area contributed by atoms with Crippen LogP contribution in [0, 0.1) is 0 Å². The van der Waals surface area contributed by atoms with Crippen LogP contribution in [0.5, 0.6) is 5.75 Å². The summed E-state index contributed by atoms with van der Waals surface area (Å²) in [4.78, 5) is 16.4. The number of ether oxygens (including phenoxy) is 1. The molecule has 0 atom stereocenters. The molecule has 0 aliphatic heterocycles. The van der Waals surface area contributed by atoms with Crippen LogP contribution in [0.25, 0.3) is 11.0 Å². The maximum Gasteiger partial charge on any atom is 0.573 e. The monoisotopic (exact) mass is 470 g/mol. The van der Waals surface area contributed by atoms with Crippen molar-refractivity contribution in [2.75, 3.05) is 6.54 Å². The molecule has 1 heterocycles. The molecule has 32 heavy (non-hydrogen) atoms. The van der Waals surface area contributed by atoms with Crippen LogP contribution in [-0.4, -0.2) is 36.8 Å². The third-order valence-electron chi connectivity index (χ3n) is 4.51. The summed E-state index contributed by atoms with van der Waals surface area (Å²) in [5.74, 6) is -0.228. The Morgan fingerprint density at radius 2 is 1.81 bits per heavy atom. The number of amides is 1. The molecule has 8 nitrogen and oxygen atoms in total. The maximum absolute atomic E-state index is 12.3. The second-order valence-electron chi connectivity index (χ2n) is 6.70. The van der Waals surface area contributed by atoms with Crippen LogP contribution in [0.15, 0.2) is 53.4 Å². The van der Waals surface area contributed by atoms with Gasteiger partial charge in [-0.2, -0.15) is 0 Å². The van der Waals surface area contributed by atoms with E-state index in [-0.39, 0.29) is 30.3 Å². The molecule has 3 aromatic rings. The number of nitrogens with one attached hydrogen (secondary N) is 2. The minimum atomic E-state index is -4.87. The Kier molecular flexibility index (Phi) is 7.04. The van der Waals surface area contributed by atoms with Crippen LogP contribution >= 0.6 is 0 Å². The van der Waals surface area contributed by atoms with Crippen LogP contribution in [0.2, 0.25) is 0 Å². The summed E-state index contributed by atoms with van der Waals surface area (Å²) in [6.07, 6.45) is -4.99. The van der Waals surface area contributed by atoms with Crippen LogP contribution in [-0.2, 0) is 27.9 Å². The summed E-state index contributed by atoms with van der Waals surface area (Å²) < 4.78 is 69.0. The number of hydrogen-bond acceptors (Lipinski definition) is 5. The zero-order chi connectivity index (χ0) is 23.4. The molecule has 2 N–H and O–H groups in total. The lowest BCUT2D eigenvalue weighted by atomic mass is 10.3. The Morgan fingerprint density at radius 3 is 2.47 bits per heavy atom. The SMILES string of the molecule is CCn1c(CNC(=O)CCNS(=O)(=O)c2ccc(OC(F)(F)F)cc2)nc2ccccc21. The van der Waals surface area contributed by atoms with E-state index in [0.717, 1.165) is 35.3 Å². The first-order chi connectivity index (χ1) is 15.1. The standard InChI is InChI=1S/C20H21F3N4O4S/c1-2-27-17-6-4-3-5-16(17)26-18(27)13-24-19(28)11-12-25-32(29,30)15-9-7-14(8-10-15)31-20(21,22)23/h3-10,25H,2,11-13H2,1H3,(H,24,28). The molecule has 0 unspecified atom stereocenters. The number of aromatic nitrogens is 2. The highest BCUT2D eigenvalue weighted by Gasteiger charge is 2.31. The van der Waals surface area contributed by atoms with Gasteiger partial charge in [-0.15, -0.1) is 13.2 Å². The highest BCUT2D eigenvalue weighted by molar-refractivity contribution is 7.89. The van der Waals surface area contributed by atoms with E-state index >= 15 is 0 Å². The number of para-hydroxylation sites is 2. The molecule has 0 radical (unpaired) electrons. The normalized spacial score (nSPS) is 12.1. The van der Waals surface area contributed by atoms with E-state index in [1.54, 1.807) is 0 Å². The molecule has 1 amide bonds. The lowest BCUT2D eigenvalue weighted by molar-refractivity contribution is -0.274. The number of sulfonamides is 1. The van der Waals surface area contributed by atoms with Gasteiger partial charge in [0.1, 0.15) is 11.6 Å². The Hall–Kier alpha value is -3.12. The lowest BCUT2D eigenvalue weighted by Crippen LogP contribution is -2.31. The first-order valence-electron chi connectivity index (χ1n) is 9.65. The number of imidazole rings is 1. The minimum Gasteiger partial charge on any atom is -0.406 e. The molecule has 0 fully saturated rings. The molecule has 0 bridgehead atoms. The lowest BCUT2D eigenvalue weighted by Gasteiger charge is -2.10. The van der Waals surface area contributed by atoms with Gasteiger partial charge in [0.05, 0.1) is 22.5 Å². The molecule has 0 spiro atoms. The van der Waals surface area contributed by atoms with Gasteiger partial charge >= 0.3 is 6.36 Å². The van der Waals surface area contributed by atoms with E-state index < -0.39 is 22.1 Å². The smallest absolute Gasteiger partial charge is 0.406 e. The fraction of sp³-hybridized carbons (Fsp3) is 0.300. The number of alkyl halides is 3. The van der Waals surface area contributed by atoms with E-state index in [4.69, 9.17) is 0 Å². The van der Waals surface area contributed by atoms with Crippen molar-refractivity contribution in [3.05, 3.63) is 54.4 Å². The Labute approximate surface area is 182 Å². The Bertz CT molecular complexity index is 1190. The van der Waals surface area contributed by atoms with Crippen molar-refractivity contribution in [1.82, 2.24) is 19.6 Å². The summed E-state index contributed by atoms with van der Waals surface area (Å²) in [5.41, 5.74) is 1.77. The molecule has 2 aromatic carbocycles. The van der Waals surface area contributed by atoms with Gasteiger partial charge in [0, 0.05) is 19.5 Å². The van der Waals surface area contributed by atoms with Gasteiger partial charge in [-0.3, -0.25) is 4.79 Å². The number of halogens is 3. The van der Waals surface area contributed by atoms with E-state index in [2.05, 4.69) is 19.8 Å². The predicted molar refractivity (Wildman–Crippen MR) is 110 cm³/mol. The highest BCUT2D eigenvalue weighted by Crippen LogP contribution is 2.23. The van der Waals surface area contributed by atoms with E-state index in [1.807, 2.05) is 35.8 Å². The zero-order valence-electron chi connectivity index (χ0n) is 17.0. The van der Waals surface area contributed by atoms with Crippen molar-refractivity contribution < 1.29 is 31.1 Å². The summed E-state index contributed by atoms with van der Waals surface area (Å²) in [6.45, 7) is 2.66. The number of carbonyl (C=O) groups is 1. The largest absolute Gasteiger partial charge is 0.573 e. The zero-order valence-corrected chi connectivity index (χ0v) is 17.8. The molecule has 0 saturated carbocycles. The van der Waals surface area contributed by atoms with Gasteiger partial charge in [-0.05, 0) is 43.3 Å². The van der Waals surface area contributed by atoms with Gasteiger partial charge in [0.2, 0.25) is 15.9 Å². The fourth-order valence-corrected chi connectivity index (χ4v) is 4.11. The van der Waals surface area contributed by atoms with Gasteiger partial charge in [0.15, 0.2) is 0 Å². The second kappa shape index (κ2) is 9.57. The van der Waals surface area contributed by atoms with Crippen LogP contribution < -0.4 is 14.8 Å². The van der Waals surface area contributed by atoms with Gasteiger partial charge < -0.3 is 14.6 Å². The summed E-state index contributed by atoms with van der Waals surface area (Å²) >= 11 is 0. The number of rotatable bonds is 9. The average Bonchev–Trinajstić information content (AvgIpc) is 3.09. The molecule has 3 rings (SSSR count). The summed E-state index contributed by atoms with van der Waals surface area (Å²) in [6, 6.07) is 11.4. The fourth-order valence-electron chi connectivity index (χ4n) is 3.08. The molecule has 12 heteroatoms. The summed E-state index contributed by atoms with van der Waals surface area (Å²) in [5, 5.41) is 2.71. The number of hydrogen-bond donors (Lipinski definition) is 2. The molecule has 0 saturated heterocycles. The highest BCUT2D eigenvalue weighted by atomic mass is 32.2. The van der Waals surface area contributed by atoms with Crippen molar-refractivity contribution in [1.29, 1.82) is 0 Å². The third kappa shape index (κ3) is 5.98. The number of nitrogens with zero attached hydrogens (tertiary/aromatic N) is 2. The predicted octanol–water partition coefficient (Wildman–Crippen LogP) is 2.94. The molecular weight excluding hydrogens is 449 g/mol. The first kappa shape index (κ1) is 23.5. The van der Waals surface area contributed by atoms with Crippen molar-refractivity contribution >= 4 is 27.0 Å². The molecular formula is C20H21F3N4O4S. The number of carbonyl (C=O) groups excluding carboxylic acids is 1. The molecule has 0 aliphatic rings. The van der Waals surface area contributed by atoms with Crippen LogP contribution in [0.1, 0.15) is 19.2 Å². The number of fused-ring (bicyclic) bond motifs is 1. The van der Waals surface area contributed by atoms with Gasteiger partial charge in [-0.1, -0.05) is 12.1 Å². The van der Waals surface area contributed by atoms with E-state index in [0.29, 0.717) is 12.4 Å². The van der Waals surface area contributed by atoms with Gasteiger partial charge in [0.25, 0.3) is 0 Å². The van der Waals surface area contributed by atoms with E-state index in [1.165, 1.54) is 0 Å². The van der Waals surface area contributed by atoms with Crippen LogP contribution in [0.3, 0.4) is 0 Å². The van der Waals surface area contributed by atoms with Crippen molar-refractivity contribution in [3.8, 4) is 5.75 Å². The van der Waals surface area contributed by atoms with Crippen molar-refractivity contribution in [2.45, 2.75) is 37.7 Å². The average molecular weight is 470 g/mol. The summed E-state index contributed by atoms with van der Waals surface area (Å²) in [7, 11) is -3.99. The van der Waals surface area contributed by atoms with E-state index in [9.17, 15) is 26.4 Å². The Morgan fingerprint density at radius 1 is 1.12 bits per heavy atom. The quantitative estimate of drug-likeness (QED) is 0.501. The maximum atomic E-state index is 12.3. The van der Waals surface area contributed by atoms with Crippen molar-refractivity contribution in [3.63, 3.8) is 0 Å². The molecule has 0 aliphatic carbocycles. The third-order valence-corrected chi connectivity index (χ3v) is 5.98. The molecule has 172 valence electrons. The topological polar surface area (TPSA) is 102 Å². The number of benzene rings is 2. The van der Waals surface area contributed by atoms with Gasteiger partial charge in [-0.25, -0.2) is 18.1 Å². The molecule has 1 aromatic heterocycles. The second-order valence-corrected chi connectivity index (χ2v) is 8.47. The van der Waals surface area contributed by atoms with Crippen molar-refractivity contribution in [2.24, 2.45) is 0 Å².